The van der Waals surface area contributed by atoms with Crippen molar-refractivity contribution < 1.29 is 4.74 Å². The molecule has 2 aromatic rings. The minimum absolute atomic E-state index is 0.299. The van der Waals surface area contributed by atoms with Gasteiger partial charge in [0.2, 0.25) is 5.95 Å². The average Bonchev–Trinajstić information content (AvgIpc) is 3.13. The molecule has 1 atom stereocenters. The van der Waals surface area contributed by atoms with Gasteiger partial charge in [0, 0.05) is 44.0 Å². The Kier molecular flexibility index (Phi) is 4.62. The maximum absolute atomic E-state index is 5.52. The Labute approximate surface area is 141 Å². The summed E-state index contributed by atoms with van der Waals surface area (Å²) in [6, 6.07) is 2.68. The summed E-state index contributed by atoms with van der Waals surface area (Å²) < 4.78 is 5.52. The Balaban J connectivity index is 1.58. The maximum atomic E-state index is 5.52. The van der Waals surface area contributed by atoms with Crippen molar-refractivity contribution in [3.05, 3.63) is 36.5 Å². The van der Waals surface area contributed by atoms with Crippen molar-refractivity contribution in [2.45, 2.75) is 37.8 Å². The summed E-state index contributed by atoms with van der Waals surface area (Å²) in [4.78, 5) is 20.2. The molecule has 0 aliphatic carbocycles. The van der Waals surface area contributed by atoms with Gasteiger partial charge in [-0.3, -0.25) is 9.88 Å². The highest BCUT2D eigenvalue weighted by Crippen LogP contribution is 2.37. The third kappa shape index (κ3) is 3.22. The van der Waals surface area contributed by atoms with Crippen molar-refractivity contribution in [1.29, 1.82) is 0 Å². The number of hydrogen-bond acceptors (Lipinski definition) is 7. The molecule has 2 aliphatic rings. The molecule has 2 aromatic heterocycles. The van der Waals surface area contributed by atoms with Crippen molar-refractivity contribution in [3.8, 4) is 0 Å². The lowest BCUT2D eigenvalue weighted by Crippen LogP contribution is -2.39. The van der Waals surface area contributed by atoms with E-state index in [1.165, 1.54) is 6.42 Å². The van der Waals surface area contributed by atoms with Crippen molar-refractivity contribution in [3.63, 3.8) is 0 Å². The largest absolute Gasteiger partial charge is 0.381 e. The number of rotatable bonds is 4. The smallest absolute Gasteiger partial charge is 0.228 e. The second-order valence-electron chi connectivity index (χ2n) is 6.23. The van der Waals surface area contributed by atoms with E-state index in [1.54, 1.807) is 30.9 Å². The fourth-order valence-electron chi connectivity index (χ4n) is 3.69. The highest BCUT2D eigenvalue weighted by Gasteiger charge is 2.35. The van der Waals surface area contributed by atoms with E-state index in [1.807, 2.05) is 0 Å². The SMILES string of the molecule is c1cnc(Nc2nccnc2C2CCCN2C2CCOCC2)nc1. The first-order valence-electron chi connectivity index (χ1n) is 8.60. The van der Waals surface area contributed by atoms with Gasteiger partial charge in [0.25, 0.3) is 0 Å². The summed E-state index contributed by atoms with van der Waals surface area (Å²) in [5, 5.41) is 3.23. The second kappa shape index (κ2) is 7.19. The topological polar surface area (TPSA) is 76.1 Å². The molecular weight excluding hydrogens is 304 g/mol. The van der Waals surface area contributed by atoms with Gasteiger partial charge in [0.15, 0.2) is 5.82 Å². The molecule has 1 unspecified atom stereocenters. The molecule has 0 radical (unpaired) electrons. The van der Waals surface area contributed by atoms with Gasteiger partial charge in [-0.15, -0.1) is 0 Å². The number of hydrogen-bond donors (Lipinski definition) is 1. The average molecular weight is 326 g/mol. The number of ether oxygens (including phenoxy) is 1. The van der Waals surface area contributed by atoms with Crippen LogP contribution in [0.4, 0.5) is 11.8 Å². The van der Waals surface area contributed by atoms with Crippen LogP contribution in [0.3, 0.4) is 0 Å². The normalized spacial score (nSPS) is 22.6. The molecule has 0 bridgehead atoms. The number of likely N-dealkylation sites (tertiary alicyclic amines) is 1. The van der Waals surface area contributed by atoms with Gasteiger partial charge in [0.05, 0.1) is 6.04 Å². The van der Waals surface area contributed by atoms with E-state index >= 15 is 0 Å². The van der Waals surface area contributed by atoms with Crippen molar-refractivity contribution in [2.75, 3.05) is 25.1 Å². The minimum atomic E-state index is 0.299. The first-order chi connectivity index (χ1) is 11.9. The molecule has 2 aliphatic heterocycles. The third-order valence-corrected chi connectivity index (χ3v) is 4.79. The molecule has 0 saturated carbocycles. The minimum Gasteiger partial charge on any atom is -0.381 e. The molecule has 24 heavy (non-hydrogen) atoms. The van der Waals surface area contributed by atoms with Crippen molar-refractivity contribution in [2.24, 2.45) is 0 Å². The molecule has 0 aromatic carbocycles. The zero-order valence-corrected chi connectivity index (χ0v) is 13.6. The Morgan fingerprint density at radius 2 is 1.75 bits per heavy atom. The van der Waals surface area contributed by atoms with Crippen LogP contribution < -0.4 is 5.32 Å². The number of nitrogens with zero attached hydrogens (tertiary/aromatic N) is 5. The number of nitrogens with one attached hydrogen (secondary N) is 1. The lowest BCUT2D eigenvalue weighted by molar-refractivity contribution is 0.0286. The highest BCUT2D eigenvalue weighted by atomic mass is 16.5. The van der Waals surface area contributed by atoms with E-state index in [4.69, 9.17) is 4.74 Å². The Morgan fingerprint density at radius 1 is 0.958 bits per heavy atom. The quantitative estimate of drug-likeness (QED) is 0.924. The Hall–Kier alpha value is -2.12. The van der Waals surface area contributed by atoms with Crippen LogP contribution in [0.5, 0.6) is 0 Å². The van der Waals surface area contributed by atoms with Crippen LogP contribution in [0, 0.1) is 0 Å². The lowest BCUT2D eigenvalue weighted by atomic mass is 10.0. The summed E-state index contributed by atoms with van der Waals surface area (Å²) in [7, 11) is 0. The fourth-order valence-corrected chi connectivity index (χ4v) is 3.69. The summed E-state index contributed by atoms with van der Waals surface area (Å²) in [6.07, 6.45) is 11.4. The molecule has 0 spiro atoms. The van der Waals surface area contributed by atoms with E-state index in [0.717, 1.165) is 50.5 Å². The maximum Gasteiger partial charge on any atom is 0.228 e. The molecule has 7 nitrogen and oxygen atoms in total. The predicted molar refractivity (Wildman–Crippen MR) is 89.9 cm³/mol. The molecule has 1 N–H and O–H groups in total. The molecule has 126 valence electrons. The van der Waals surface area contributed by atoms with Gasteiger partial charge in [-0.1, -0.05) is 0 Å². The van der Waals surface area contributed by atoms with Crippen LogP contribution in [0.15, 0.2) is 30.9 Å². The summed E-state index contributed by atoms with van der Waals surface area (Å²) in [5.41, 5.74) is 0.994. The van der Waals surface area contributed by atoms with Gasteiger partial charge in [0.1, 0.15) is 5.69 Å². The van der Waals surface area contributed by atoms with Gasteiger partial charge in [-0.2, -0.15) is 0 Å². The standard InChI is InChI=1S/C17H22N6O/c1-3-14(23(10-1)13-4-11-24-12-5-13)15-16(19-9-8-18-15)22-17-20-6-2-7-21-17/h2,6-9,13-14H,1,3-5,10-12H2,(H,19,20,21,22). The van der Waals surface area contributed by atoms with Gasteiger partial charge >= 0.3 is 0 Å². The number of aromatic nitrogens is 4. The van der Waals surface area contributed by atoms with Crippen LogP contribution in [0.25, 0.3) is 0 Å². The Morgan fingerprint density at radius 3 is 2.58 bits per heavy atom. The molecule has 4 rings (SSSR count). The van der Waals surface area contributed by atoms with Crippen LogP contribution in [0.2, 0.25) is 0 Å². The molecule has 4 heterocycles. The summed E-state index contributed by atoms with van der Waals surface area (Å²) in [6.45, 7) is 2.84. The lowest BCUT2D eigenvalue weighted by Gasteiger charge is -2.35. The Bertz CT molecular complexity index is 661. The van der Waals surface area contributed by atoms with Crippen molar-refractivity contribution >= 4 is 11.8 Å². The molecule has 7 heteroatoms. The summed E-state index contributed by atoms with van der Waals surface area (Å²) >= 11 is 0. The van der Waals surface area contributed by atoms with E-state index in [9.17, 15) is 0 Å². The van der Waals surface area contributed by atoms with Crippen LogP contribution in [-0.4, -0.2) is 50.6 Å². The van der Waals surface area contributed by atoms with E-state index in [-0.39, 0.29) is 0 Å². The monoisotopic (exact) mass is 326 g/mol. The fraction of sp³-hybridized carbons (Fsp3) is 0.529. The van der Waals surface area contributed by atoms with Gasteiger partial charge in [-0.25, -0.2) is 15.0 Å². The van der Waals surface area contributed by atoms with Crippen molar-refractivity contribution in [1.82, 2.24) is 24.8 Å². The van der Waals surface area contributed by atoms with Gasteiger partial charge in [-0.05, 0) is 38.3 Å². The summed E-state index contributed by atoms with van der Waals surface area (Å²) in [5.74, 6) is 1.31. The molecule has 2 saturated heterocycles. The van der Waals surface area contributed by atoms with Crippen LogP contribution in [-0.2, 0) is 4.74 Å². The van der Waals surface area contributed by atoms with Crippen LogP contribution >= 0.6 is 0 Å². The molecule has 0 amide bonds. The predicted octanol–water partition coefficient (Wildman–Crippen LogP) is 2.33. The second-order valence-corrected chi connectivity index (χ2v) is 6.23. The third-order valence-electron chi connectivity index (χ3n) is 4.79. The number of anilines is 2. The van der Waals surface area contributed by atoms with Crippen LogP contribution in [0.1, 0.15) is 37.4 Å². The zero-order chi connectivity index (χ0) is 16.2. The van der Waals surface area contributed by atoms with Gasteiger partial charge < -0.3 is 10.1 Å². The molecular formula is C17H22N6O. The zero-order valence-electron chi connectivity index (χ0n) is 13.6. The first kappa shape index (κ1) is 15.4. The molecule has 2 fully saturated rings. The van der Waals surface area contributed by atoms with E-state index in [0.29, 0.717) is 18.0 Å². The van der Waals surface area contributed by atoms with E-state index in [2.05, 4.69) is 30.2 Å². The first-order valence-corrected chi connectivity index (χ1v) is 8.60. The van der Waals surface area contributed by atoms with E-state index < -0.39 is 0 Å². The highest BCUT2D eigenvalue weighted by molar-refractivity contribution is 5.51.